The lowest BCUT2D eigenvalue weighted by Crippen LogP contribution is -2.48. The average Bonchev–Trinajstić information content (AvgIpc) is 2.67. The van der Waals surface area contributed by atoms with Gasteiger partial charge in [-0.15, -0.1) is 11.3 Å². The van der Waals surface area contributed by atoms with Gasteiger partial charge in [-0.3, -0.25) is 11.3 Å². The van der Waals surface area contributed by atoms with E-state index in [4.69, 9.17) is 10.6 Å². The first-order chi connectivity index (χ1) is 8.17. The van der Waals surface area contributed by atoms with Crippen LogP contribution in [-0.2, 0) is 11.2 Å². The zero-order chi connectivity index (χ0) is 12.3. The molecular weight excluding hydrogens is 300 g/mol. The van der Waals surface area contributed by atoms with E-state index in [9.17, 15) is 0 Å². The quantitative estimate of drug-likeness (QED) is 0.626. The number of rotatable bonds is 6. The molecule has 1 aromatic heterocycles. The molecule has 0 spiro atoms. The minimum atomic E-state index is 0.0749. The smallest absolute Gasteiger partial charge is 0.0701 e. The van der Waals surface area contributed by atoms with Crippen LogP contribution in [0.1, 0.15) is 30.6 Å². The predicted octanol–water partition coefficient (Wildman–Crippen LogP) is 2.84. The van der Waals surface area contributed by atoms with Crippen LogP contribution in [0.2, 0.25) is 0 Å². The van der Waals surface area contributed by atoms with E-state index in [0.29, 0.717) is 6.04 Å². The molecule has 3 N–H and O–H groups in total. The highest BCUT2D eigenvalue weighted by Crippen LogP contribution is 2.39. The molecule has 1 saturated carbocycles. The van der Waals surface area contributed by atoms with Gasteiger partial charge in [-0.25, -0.2) is 0 Å². The summed E-state index contributed by atoms with van der Waals surface area (Å²) in [5.41, 5.74) is 3.00. The van der Waals surface area contributed by atoms with Crippen molar-refractivity contribution in [2.24, 2.45) is 5.84 Å². The molecule has 0 amide bonds. The van der Waals surface area contributed by atoms with Crippen LogP contribution in [0.25, 0.3) is 0 Å². The molecule has 17 heavy (non-hydrogen) atoms. The Morgan fingerprint density at radius 3 is 2.76 bits per heavy atom. The summed E-state index contributed by atoms with van der Waals surface area (Å²) in [6.07, 6.45) is 5.56. The van der Waals surface area contributed by atoms with Gasteiger partial charge in [-0.2, -0.15) is 0 Å². The fraction of sp³-hybridized carbons (Fsp3) is 0.667. The fourth-order valence-electron chi connectivity index (χ4n) is 2.41. The lowest BCUT2D eigenvalue weighted by atomic mass is 9.75. The fourth-order valence-corrected chi connectivity index (χ4v) is 3.97. The Bertz CT molecular complexity index is 360. The molecule has 0 saturated heterocycles. The number of hydrogen-bond donors (Lipinski definition) is 2. The van der Waals surface area contributed by atoms with Gasteiger partial charge in [0.2, 0.25) is 0 Å². The molecule has 0 radical (unpaired) electrons. The number of halogens is 1. The van der Waals surface area contributed by atoms with Crippen molar-refractivity contribution in [1.29, 1.82) is 0 Å². The van der Waals surface area contributed by atoms with Gasteiger partial charge in [0.05, 0.1) is 9.39 Å². The standard InChI is InChI=1S/C12H19BrN2OS/c1-16-12(5-2-6-12)8-9(15-14)7-10-3-4-11(13)17-10/h3-4,9,15H,2,5-8,14H2,1H3. The summed E-state index contributed by atoms with van der Waals surface area (Å²) in [5.74, 6) is 5.66. The molecule has 96 valence electrons. The highest BCUT2D eigenvalue weighted by atomic mass is 79.9. The molecule has 1 aromatic rings. The molecule has 1 heterocycles. The van der Waals surface area contributed by atoms with E-state index in [-0.39, 0.29) is 5.60 Å². The first-order valence-corrected chi connectivity index (χ1v) is 7.54. The first-order valence-electron chi connectivity index (χ1n) is 5.93. The van der Waals surface area contributed by atoms with Crippen LogP contribution in [0.4, 0.5) is 0 Å². The first kappa shape index (κ1) is 13.5. The van der Waals surface area contributed by atoms with E-state index in [1.165, 1.54) is 15.1 Å². The molecular formula is C12H19BrN2OS. The van der Waals surface area contributed by atoms with Gasteiger partial charge in [0.1, 0.15) is 0 Å². The van der Waals surface area contributed by atoms with Crippen molar-refractivity contribution in [2.45, 2.75) is 43.7 Å². The largest absolute Gasteiger partial charge is 0.378 e. The summed E-state index contributed by atoms with van der Waals surface area (Å²) < 4.78 is 6.82. The number of nitrogens with two attached hydrogens (primary N) is 1. The van der Waals surface area contributed by atoms with E-state index in [0.717, 1.165) is 25.7 Å². The molecule has 2 rings (SSSR count). The average molecular weight is 319 g/mol. The third-order valence-corrected chi connectivity index (χ3v) is 5.27. The van der Waals surface area contributed by atoms with Gasteiger partial charge >= 0.3 is 0 Å². The summed E-state index contributed by atoms with van der Waals surface area (Å²) in [6.45, 7) is 0. The Labute approximate surface area is 115 Å². The number of hydrogen-bond acceptors (Lipinski definition) is 4. The van der Waals surface area contributed by atoms with Gasteiger partial charge in [-0.1, -0.05) is 0 Å². The molecule has 0 aromatic carbocycles. The maximum absolute atomic E-state index is 5.66. The molecule has 1 aliphatic carbocycles. The Morgan fingerprint density at radius 2 is 2.35 bits per heavy atom. The Hall–Kier alpha value is 0.0600. The van der Waals surface area contributed by atoms with Crippen molar-refractivity contribution in [1.82, 2.24) is 5.43 Å². The lowest BCUT2D eigenvalue weighted by Gasteiger charge is -2.42. The maximum Gasteiger partial charge on any atom is 0.0701 e. The van der Waals surface area contributed by atoms with Crippen molar-refractivity contribution in [3.63, 3.8) is 0 Å². The van der Waals surface area contributed by atoms with E-state index in [1.807, 2.05) is 7.11 Å². The van der Waals surface area contributed by atoms with Crippen molar-refractivity contribution < 1.29 is 4.74 Å². The van der Waals surface area contributed by atoms with Crippen molar-refractivity contribution >= 4 is 27.3 Å². The lowest BCUT2D eigenvalue weighted by molar-refractivity contribution is -0.0834. The molecule has 5 heteroatoms. The molecule has 3 nitrogen and oxygen atoms in total. The van der Waals surface area contributed by atoms with Crippen LogP contribution < -0.4 is 11.3 Å². The monoisotopic (exact) mass is 318 g/mol. The van der Waals surface area contributed by atoms with E-state index < -0.39 is 0 Å². The minimum absolute atomic E-state index is 0.0749. The normalized spacial score (nSPS) is 19.9. The van der Waals surface area contributed by atoms with Crippen molar-refractivity contribution in [3.8, 4) is 0 Å². The summed E-state index contributed by atoms with van der Waals surface area (Å²) in [7, 11) is 1.81. The maximum atomic E-state index is 5.66. The molecule has 0 aliphatic heterocycles. The van der Waals surface area contributed by atoms with E-state index in [1.54, 1.807) is 11.3 Å². The predicted molar refractivity (Wildman–Crippen MR) is 75.0 cm³/mol. The number of thiophene rings is 1. The highest BCUT2D eigenvalue weighted by molar-refractivity contribution is 9.11. The van der Waals surface area contributed by atoms with E-state index >= 15 is 0 Å². The second-order valence-corrected chi connectivity index (χ2v) is 7.27. The number of methoxy groups -OCH3 is 1. The van der Waals surface area contributed by atoms with Crippen LogP contribution in [0.5, 0.6) is 0 Å². The van der Waals surface area contributed by atoms with Crippen molar-refractivity contribution in [3.05, 3.63) is 20.8 Å². The molecule has 1 atom stereocenters. The third-order valence-electron chi connectivity index (χ3n) is 3.63. The van der Waals surface area contributed by atoms with Gasteiger partial charge in [0, 0.05) is 18.0 Å². The summed E-state index contributed by atoms with van der Waals surface area (Å²) >= 11 is 5.26. The topological polar surface area (TPSA) is 47.3 Å². The van der Waals surface area contributed by atoms with Crippen molar-refractivity contribution in [2.75, 3.05) is 7.11 Å². The van der Waals surface area contributed by atoms with Gasteiger partial charge in [0.15, 0.2) is 0 Å². The molecule has 0 bridgehead atoms. The number of hydrazine groups is 1. The third kappa shape index (κ3) is 3.29. The molecule has 1 fully saturated rings. The second kappa shape index (κ2) is 5.80. The summed E-state index contributed by atoms with van der Waals surface area (Å²) in [5, 5.41) is 0. The van der Waals surface area contributed by atoms with Crippen LogP contribution in [0.15, 0.2) is 15.9 Å². The molecule has 1 aliphatic rings. The summed E-state index contributed by atoms with van der Waals surface area (Å²) in [4.78, 5) is 1.35. The number of nitrogens with one attached hydrogen (secondary N) is 1. The second-order valence-electron chi connectivity index (χ2n) is 4.72. The number of ether oxygens (including phenoxy) is 1. The van der Waals surface area contributed by atoms with Crippen LogP contribution in [-0.4, -0.2) is 18.8 Å². The highest BCUT2D eigenvalue weighted by Gasteiger charge is 2.38. The van der Waals surface area contributed by atoms with Gasteiger partial charge in [0.25, 0.3) is 0 Å². The SMILES string of the molecule is COC1(CC(Cc2ccc(Br)s2)NN)CCC1. The Morgan fingerprint density at radius 1 is 1.59 bits per heavy atom. The zero-order valence-electron chi connectivity index (χ0n) is 10.0. The zero-order valence-corrected chi connectivity index (χ0v) is 12.4. The van der Waals surface area contributed by atoms with Gasteiger partial charge < -0.3 is 4.74 Å². The summed E-state index contributed by atoms with van der Waals surface area (Å²) in [6, 6.07) is 4.53. The molecule has 1 unspecified atom stereocenters. The van der Waals surface area contributed by atoms with E-state index in [2.05, 4.69) is 33.5 Å². The Balaban J connectivity index is 1.92. The van der Waals surface area contributed by atoms with Gasteiger partial charge in [-0.05, 0) is 60.2 Å². The minimum Gasteiger partial charge on any atom is -0.378 e. The Kier molecular flexibility index (Phi) is 4.60. The van der Waals surface area contributed by atoms with Crippen LogP contribution in [0, 0.1) is 0 Å². The van der Waals surface area contributed by atoms with Crippen LogP contribution in [0.3, 0.4) is 0 Å². The van der Waals surface area contributed by atoms with Crippen LogP contribution >= 0.6 is 27.3 Å².